The van der Waals surface area contributed by atoms with E-state index in [1.54, 1.807) is 32.4 Å². The zero-order valence-electron chi connectivity index (χ0n) is 9.56. The van der Waals surface area contributed by atoms with Gasteiger partial charge in [0, 0.05) is 12.5 Å². The van der Waals surface area contributed by atoms with Crippen LogP contribution in [0.5, 0.6) is 11.5 Å². The summed E-state index contributed by atoms with van der Waals surface area (Å²) in [6.45, 7) is 0. The molecule has 3 heteroatoms. The Labute approximate surface area is 96.0 Å². The summed E-state index contributed by atoms with van der Waals surface area (Å²) in [5, 5.41) is 9.88. The zero-order chi connectivity index (χ0) is 12.0. The molecule has 0 radical (unpaired) electrons. The number of benzene rings is 1. The van der Waals surface area contributed by atoms with Gasteiger partial charge in [-0.15, -0.1) is 12.3 Å². The molecule has 0 heterocycles. The van der Waals surface area contributed by atoms with Crippen LogP contribution in [0, 0.1) is 12.3 Å². The molecule has 0 fully saturated rings. The highest BCUT2D eigenvalue weighted by atomic mass is 16.5. The molecule has 1 aromatic carbocycles. The van der Waals surface area contributed by atoms with Gasteiger partial charge < -0.3 is 14.6 Å². The van der Waals surface area contributed by atoms with E-state index in [2.05, 4.69) is 5.92 Å². The molecule has 1 atom stereocenters. The molecule has 0 aliphatic heterocycles. The second kappa shape index (κ2) is 6.04. The van der Waals surface area contributed by atoms with Crippen LogP contribution in [0.25, 0.3) is 0 Å². The van der Waals surface area contributed by atoms with Crippen LogP contribution >= 0.6 is 0 Å². The van der Waals surface area contributed by atoms with Gasteiger partial charge in [-0.3, -0.25) is 0 Å². The average Bonchev–Trinajstić information content (AvgIpc) is 2.35. The van der Waals surface area contributed by atoms with Gasteiger partial charge in [0.05, 0.1) is 20.3 Å². The number of aliphatic hydroxyl groups is 1. The van der Waals surface area contributed by atoms with Crippen molar-refractivity contribution in [1.29, 1.82) is 0 Å². The van der Waals surface area contributed by atoms with E-state index in [9.17, 15) is 5.11 Å². The maximum atomic E-state index is 9.88. The number of ether oxygens (including phenoxy) is 2. The summed E-state index contributed by atoms with van der Waals surface area (Å²) >= 11 is 0. The first-order chi connectivity index (χ1) is 7.71. The van der Waals surface area contributed by atoms with Crippen LogP contribution in [0.1, 0.15) is 24.5 Å². The van der Waals surface area contributed by atoms with E-state index in [1.807, 2.05) is 0 Å². The Morgan fingerprint density at radius 1 is 1.25 bits per heavy atom. The smallest absolute Gasteiger partial charge is 0.122 e. The molecule has 1 rings (SSSR count). The molecule has 0 aromatic heterocycles. The largest absolute Gasteiger partial charge is 0.497 e. The molecular formula is C13H16O3. The molecule has 0 amide bonds. The van der Waals surface area contributed by atoms with Gasteiger partial charge in [-0.05, 0) is 24.1 Å². The minimum Gasteiger partial charge on any atom is -0.497 e. The third-order valence-electron chi connectivity index (χ3n) is 2.32. The first-order valence-electron chi connectivity index (χ1n) is 5.05. The SMILES string of the molecule is C#CCCC(O)c1cc(OC)cc(OC)c1. The Balaban J connectivity index is 2.90. The first-order valence-corrected chi connectivity index (χ1v) is 5.05. The van der Waals surface area contributed by atoms with Crippen molar-refractivity contribution in [1.82, 2.24) is 0 Å². The number of hydrogen-bond donors (Lipinski definition) is 1. The lowest BCUT2D eigenvalue weighted by Gasteiger charge is -2.12. The molecule has 1 N–H and O–H groups in total. The van der Waals surface area contributed by atoms with Gasteiger partial charge in [0.1, 0.15) is 11.5 Å². The van der Waals surface area contributed by atoms with Crippen LogP contribution in [-0.4, -0.2) is 19.3 Å². The summed E-state index contributed by atoms with van der Waals surface area (Å²) < 4.78 is 10.2. The second-order valence-corrected chi connectivity index (χ2v) is 3.40. The third-order valence-corrected chi connectivity index (χ3v) is 2.32. The van der Waals surface area contributed by atoms with Gasteiger partial charge in [0.15, 0.2) is 0 Å². The average molecular weight is 220 g/mol. The predicted octanol–water partition coefficient (Wildman–Crippen LogP) is 2.15. The Morgan fingerprint density at radius 2 is 1.81 bits per heavy atom. The molecule has 3 nitrogen and oxygen atoms in total. The highest BCUT2D eigenvalue weighted by Gasteiger charge is 2.10. The fourth-order valence-corrected chi connectivity index (χ4v) is 1.41. The van der Waals surface area contributed by atoms with Crippen molar-refractivity contribution in [2.45, 2.75) is 18.9 Å². The van der Waals surface area contributed by atoms with Crippen LogP contribution in [-0.2, 0) is 0 Å². The lowest BCUT2D eigenvalue weighted by Crippen LogP contribution is -1.98. The number of methoxy groups -OCH3 is 2. The standard InChI is InChI=1S/C13H16O3/c1-4-5-6-13(14)10-7-11(15-2)9-12(8-10)16-3/h1,7-9,13-14H,5-6H2,2-3H3. The summed E-state index contributed by atoms with van der Waals surface area (Å²) in [7, 11) is 3.15. The van der Waals surface area contributed by atoms with Gasteiger partial charge in [-0.1, -0.05) is 0 Å². The quantitative estimate of drug-likeness (QED) is 0.773. The van der Waals surface area contributed by atoms with Crippen molar-refractivity contribution in [2.75, 3.05) is 14.2 Å². The van der Waals surface area contributed by atoms with E-state index in [4.69, 9.17) is 15.9 Å². The summed E-state index contributed by atoms with van der Waals surface area (Å²) in [5.41, 5.74) is 0.756. The van der Waals surface area contributed by atoms with Gasteiger partial charge in [0.2, 0.25) is 0 Å². The maximum absolute atomic E-state index is 9.88. The van der Waals surface area contributed by atoms with Gasteiger partial charge in [-0.25, -0.2) is 0 Å². The van der Waals surface area contributed by atoms with Crippen molar-refractivity contribution >= 4 is 0 Å². The van der Waals surface area contributed by atoms with Crippen LogP contribution in [0.2, 0.25) is 0 Å². The van der Waals surface area contributed by atoms with Gasteiger partial charge >= 0.3 is 0 Å². The van der Waals surface area contributed by atoms with E-state index in [-0.39, 0.29) is 0 Å². The van der Waals surface area contributed by atoms with Crippen molar-refractivity contribution < 1.29 is 14.6 Å². The Kier molecular flexibility index (Phi) is 4.68. The number of rotatable bonds is 5. The van der Waals surface area contributed by atoms with Crippen molar-refractivity contribution in [3.63, 3.8) is 0 Å². The number of aliphatic hydroxyl groups excluding tert-OH is 1. The molecule has 1 unspecified atom stereocenters. The molecule has 1 aromatic rings. The Morgan fingerprint density at radius 3 is 2.25 bits per heavy atom. The van der Waals surface area contributed by atoms with Crippen LogP contribution in [0.3, 0.4) is 0 Å². The fraction of sp³-hybridized carbons (Fsp3) is 0.385. The second-order valence-electron chi connectivity index (χ2n) is 3.40. The van der Waals surface area contributed by atoms with E-state index in [1.165, 1.54) is 0 Å². The fourth-order valence-electron chi connectivity index (χ4n) is 1.41. The summed E-state index contributed by atoms with van der Waals surface area (Å²) in [6.07, 6.45) is 5.65. The lowest BCUT2D eigenvalue weighted by atomic mass is 10.0. The van der Waals surface area contributed by atoms with Crippen molar-refractivity contribution in [3.05, 3.63) is 23.8 Å². The van der Waals surface area contributed by atoms with E-state index in [0.29, 0.717) is 24.3 Å². The van der Waals surface area contributed by atoms with Crippen LogP contribution < -0.4 is 9.47 Å². The van der Waals surface area contributed by atoms with E-state index >= 15 is 0 Å². The summed E-state index contributed by atoms with van der Waals surface area (Å²) in [5.74, 6) is 3.83. The van der Waals surface area contributed by atoms with E-state index in [0.717, 1.165) is 5.56 Å². The van der Waals surface area contributed by atoms with Gasteiger partial charge in [0.25, 0.3) is 0 Å². The monoisotopic (exact) mass is 220 g/mol. The highest BCUT2D eigenvalue weighted by molar-refractivity contribution is 5.39. The Bertz CT molecular complexity index is 357. The molecule has 86 valence electrons. The molecule has 16 heavy (non-hydrogen) atoms. The molecule has 0 spiro atoms. The maximum Gasteiger partial charge on any atom is 0.122 e. The van der Waals surface area contributed by atoms with Crippen molar-refractivity contribution in [3.8, 4) is 23.8 Å². The molecule has 0 saturated carbocycles. The van der Waals surface area contributed by atoms with Gasteiger partial charge in [-0.2, -0.15) is 0 Å². The molecule has 0 bridgehead atoms. The summed E-state index contributed by atoms with van der Waals surface area (Å²) in [6, 6.07) is 5.32. The third kappa shape index (κ3) is 3.18. The topological polar surface area (TPSA) is 38.7 Å². The molecular weight excluding hydrogens is 204 g/mol. The predicted molar refractivity (Wildman–Crippen MR) is 62.6 cm³/mol. The lowest BCUT2D eigenvalue weighted by molar-refractivity contribution is 0.168. The molecule has 0 saturated heterocycles. The zero-order valence-corrected chi connectivity index (χ0v) is 9.56. The molecule has 0 aliphatic carbocycles. The minimum absolute atomic E-state index is 0.535. The normalized spacial score (nSPS) is 11.6. The number of terminal acetylenes is 1. The highest BCUT2D eigenvalue weighted by Crippen LogP contribution is 2.28. The first kappa shape index (κ1) is 12.4. The van der Waals surface area contributed by atoms with E-state index < -0.39 is 6.10 Å². The summed E-state index contributed by atoms with van der Waals surface area (Å²) in [4.78, 5) is 0. The van der Waals surface area contributed by atoms with Crippen molar-refractivity contribution in [2.24, 2.45) is 0 Å². The Hall–Kier alpha value is -1.66. The minimum atomic E-state index is -0.583. The molecule has 0 aliphatic rings. The number of hydrogen-bond acceptors (Lipinski definition) is 3. The van der Waals surface area contributed by atoms with Crippen LogP contribution in [0.15, 0.2) is 18.2 Å². The van der Waals surface area contributed by atoms with Crippen LogP contribution in [0.4, 0.5) is 0 Å².